The number of carbonyl (C=O) groups is 2. The lowest BCUT2D eigenvalue weighted by Crippen LogP contribution is -2.56. The Morgan fingerprint density at radius 3 is 2.90 bits per heavy atom. The minimum Gasteiger partial charge on any atom is -0.481 e. The standard InChI is InChI=1S/C17H22O4/c1-15(5-4-13(19)20)12(18)3-6-17-8-10-7-11(14(15)17)21-16(10,2)9-17/h3,6,10-11,14H,4-5,7-9H2,1-2H3,(H,19,20)/t10-,11+,14?,15-,16+,17+/m1/s1. The zero-order valence-corrected chi connectivity index (χ0v) is 12.6. The Bertz CT molecular complexity index is 567. The van der Waals surface area contributed by atoms with Gasteiger partial charge in [0.15, 0.2) is 5.78 Å². The number of ether oxygens (including phenoxy) is 1. The summed E-state index contributed by atoms with van der Waals surface area (Å²) < 4.78 is 6.32. The highest BCUT2D eigenvalue weighted by Crippen LogP contribution is 2.71. The molecule has 0 amide bonds. The van der Waals surface area contributed by atoms with Crippen LogP contribution < -0.4 is 0 Å². The lowest BCUT2D eigenvalue weighted by atomic mass is 9.51. The van der Waals surface area contributed by atoms with Crippen molar-refractivity contribution in [2.24, 2.45) is 22.7 Å². The van der Waals surface area contributed by atoms with E-state index in [2.05, 4.69) is 13.0 Å². The van der Waals surface area contributed by atoms with Crippen LogP contribution in [-0.4, -0.2) is 28.6 Å². The Balaban J connectivity index is 1.75. The van der Waals surface area contributed by atoms with E-state index in [0.29, 0.717) is 12.3 Å². The van der Waals surface area contributed by atoms with Crippen LogP contribution in [0.5, 0.6) is 0 Å². The van der Waals surface area contributed by atoms with Crippen LogP contribution >= 0.6 is 0 Å². The summed E-state index contributed by atoms with van der Waals surface area (Å²) in [6.45, 7) is 4.17. The summed E-state index contributed by atoms with van der Waals surface area (Å²) in [7, 11) is 0. The van der Waals surface area contributed by atoms with Crippen LogP contribution in [0.15, 0.2) is 12.2 Å². The molecule has 3 aliphatic carbocycles. The lowest BCUT2D eigenvalue weighted by molar-refractivity contribution is -0.170. The molecule has 0 radical (unpaired) electrons. The number of aliphatic carboxylic acids is 1. The van der Waals surface area contributed by atoms with Gasteiger partial charge in [-0.25, -0.2) is 0 Å². The zero-order chi connectivity index (χ0) is 15.0. The molecule has 0 aromatic carbocycles. The summed E-state index contributed by atoms with van der Waals surface area (Å²) in [6, 6.07) is 0. The van der Waals surface area contributed by atoms with Crippen molar-refractivity contribution in [1.82, 2.24) is 0 Å². The second kappa shape index (κ2) is 3.78. The third-order valence-electron chi connectivity index (χ3n) is 6.77. The Labute approximate surface area is 124 Å². The molecule has 6 atom stereocenters. The van der Waals surface area contributed by atoms with E-state index in [4.69, 9.17) is 9.84 Å². The van der Waals surface area contributed by atoms with Gasteiger partial charge in [-0.05, 0) is 50.0 Å². The monoisotopic (exact) mass is 290 g/mol. The van der Waals surface area contributed by atoms with Gasteiger partial charge in [-0.1, -0.05) is 13.0 Å². The number of hydrogen-bond donors (Lipinski definition) is 1. The molecule has 5 rings (SSSR count). The average molecular weight is 290 g/mol. The number of carboxylic acid groups (broad SMARTS) is 1. The Kier molecular flexibility index (Phi) is 2.43. The molecule has 1 unspecified atom stereocenters. The van der Waals surface area contributed by atoms with Gasteiger partial charge in [-0.15, -0.1) is 0 Å². The molecule has 4 nitrogen and oxygen atoms in total. The van der Waals surface area contributed by atoms with Gasteiger partial charge >= 0.3 is 5.97 Å². The number of carboxylic acids is 1. The first-order valence-corrected chi connectivity index (χ1v) is 7.92. The second-order valence-corrected chi connectivity index (χ2v) is 8.00. The van der Waals surface area contributed by atoms with Crippen LogP contribution in [0.3, 0.4) is 0 Å². The van der Waals surface area contributed by atoms with Gasteiger partial charge in [0.25, 0.3) is 0 Å². The van der Waals surface area contributed by atoms with Gasteiger partial charge in [-0.3, -0.25) is 9.59 Å². The molecule has 4 bridgehead atoms. The van der Waals surface area contributed by atoms with E-state index in [1.165, 1.54) is 0 Å². The fraction of sp³-hybridized carbons (Fsp3) is 0.765. The predicted molar refractivity (Wildman–Crippen MR) is 75.7 cm³/mol. The molecular weight excluding hydrogens is 268 g/mol. The van der Waals surface area contributed by atoms with E-state index in [1.54, 1.807) is 6.08 Å². The maximum absolute atomic E-state index is 12.6. The Hall–Kier alpha value is -1.16. The van der Waals surface area contributed by atoms with Gasteiger partial charge in [0.05, 0.1) is 11.7 Å². The van der Waals surface area contributed by atoms with Gasteiger partial charge in [-0.2, -0.15) is 0 Å². The summed E-state index contributed by atoms with van der Waals surface area (Å²) >= 11 is 0. The summed E-state index contributed by atoms with van der Waals surface area (Å²) in [4.78, 5) is 23.6. The highest BCUT2D eigenvalue weighted by atomic mass is 16.5. The third kappa shape index (κ3) is 1.54. The molecule has 2 aliphatic heterocycles. The van der Waals surface area contributed by atoms with E-state index >= 15 is 0 Å². The fourth-order valence-corrected chi connectivity index (χ4v) is 6.01. The summed E-state index contributed by atoms with van der Waals surface area (Å²) in [5.74, 6) is 0.00281. The van der Waals surface area contributed by atoms with E-state index < -0.39 is 11.4 Å². The normalized spacial score (nSPS) is 53.2. The maximum Gasteiger partial charge on any atom is 0.303 e. The fourth-order valence-electron chi connectivity index (χ4n) is 6.01. The summed E-state index contributed by atoms with van der Waals surface area (Å²) in [5, 5.41) is 9.03. The number of allylic oxidation sites excluding steroid dienone is 2. The van der Waals surface area contributed by atoms with Gasteiger partial charge in [0.1, 0.15) is 0 Å². The van der Waals surface area contributed by atoms with Crippen LogP contribution in [0.4, 0.5) is 0 Å². The van der Waals surface area contributed by atoms with Crippen molar-refractivity contribution in [2.75, 3.05) is 0 Å². The summed E-state index contributed by atoms with van der Waals surface area (Å²) in [5.41, 5.74) is -0.560. The van der Waals surface area contributed by atoms with Crippen LogP contribution in [-0.2, 0) is 14.3 Å². The third-order valence-corrected chi connectivity index (χ3v) is 6.77. The number of rotatable bonds is 3. The Morgan fingerprint density at radius 1 is 1.48 bits per heavy atom. The van der Waals surface area contributed by atoms with Crippen molar-refractivity contribution in [3.8, 4) is 0 Å². The topological polar surface area (TPSA) is 63.6 Å². The minimum atomic E-state index is -0.827. The lowest BCUT2D eigenvalue weighted by Gasteiger charge is -2.55. The molecule has 2 saturated heterocycles. The first-order chi connectivity index (χ1) is 9.79. The summed E-state index contributed by atoms with van der Waals surface area (Å²) in [6.07, 6.45) is 7.57. The van der Waals surface area contributed by atoms with Gasteiger partial charge < -0.3 is 9.84 Å². The first kappa shape index (κ1) is 13.5. The molecule has 1 spiro atoms. The zero-order valence-electron chi connectivity index (χ0n) is 12.6. The first-order valence-electron chi connectivity index (χ1n) is 7.92. The van der Waals surface area contributed by atoms with E-state index in [0.717, 1.165) is 19.3 Å². The smallest absolute Gasteiger partial charge is 0.303 e. The van der Waals surface area contributed by atoms with Gasteiger partial charge in [0, 0.05) is 17.8 Å². The van der Waals surface area contributed by atoms with Crippen molar-refractivity contribution >= 4 is 11.8 Å². The van der Waals surface area contributed by atoms with Crippen molar-refractivity contribution in [2.45, 2.75) is 57.7 Å². The molecule has 0 aromatic rings. The molecule has 114 valence electrons. The van der Waals surface area contributed by atoms with Crippen molar-refractivity contribution in [1.29, 1.82) is 0 Å². The highest BCUT2D eigenvalue weighted by molar-refractivity contribution is 5.96. The van der Waals surface area contributed by atoms with Crippen LogP contribution in [0.1, 0.15) is 46.0 Å². The largest absolute Gasteiger partial charge is 0.481 e. The molecular formula is C17H22O4. The number of carbonyl (C=O) groups excluding carboxylic acids is 1. The van der Waals surface area contributed by atoms with Crippen molar-refractivity contribution in [3.63, 3.8) is 0 Å². The molecule has 5 aliphatic rings. The number of hydrogen-bond acceptors (Lipinski definition) is 3. The Morgan fingerprint density at radius 2 is 2.24 bits per heavy atom. The highest BCUT2D eigenvalue weighted by Gasteiger charge is 2.71. The molecule has 2 heterocycles. The number of ketones is 1. The SMILES string of the molecule is C[C@@]1(CCC(=O)O)C(=O)C=C[C@]23C[C@H]4C[C@H](O[C@@]4(C)C2)C31. The molecule has 4 fully saturated rings. The van der Waals surface area contributed by atoms with Crippen LogP contribution in [0.2, 0.25) is 0 Å². The van der Waals surface area contributed by atoms with Gasteiger partial charge in [0.2, 0.25) is 0 Å². The molecule has 4 heteroatoms. The predicted octanol–water partition coefficient (Wildman–Crippen LogP) is 2.57. The van der Waals surface area contributed by atoms with E-state index in [-0.39, 0.29) is 35.2 Å². The molecule has 2 saturated carbocycles. The van der Waals surface area contributed by atoms with E-state index in [1.807, 2.05) is 6.92 Å². The molecule has 0 aromatic heterocycles. The van der Waals surface area contributed by atoms with Crippen molar-refractivity contribution in [3.05, 3.63) is 12.2 Å². The maximum atomic E-state index is 12.6. The molecule has 21 heavy (non-hydrogen) atoms. The van der Waals surface area contributed by atoms with Crippen molar-refractivity contribution < 1.29 is 19.4 Å². The van der Waals surface area contributed by atoms with Crippen LogP contribution in [0.25, 0.3) is 0 Å². The van der Waals surface area contributed by atoms with E-state index in [9.17, 15) is 9.59 Å². The second-order valence-electron chi connectivity index (χ2n) is 8.00. The average Bonchev–Trinajstić information content (AvgIpc) is 2.75. The molecule has 1 N–H and O–H groups in total. The minimum absolute atomic E-state index is 0.0282. The van der Waals surface area contributed by atoms with Crippen LogP contribution in [0, 0.1) is 22.7 Å². The quantitative estimate of drug-likeness (QED) is 0.867.